The average Bonchev–Trinajstić information content (AvgIpc) is 3.12. The third-order valence-electron chi connectivity index (χ3n) is 4.56. The van der Waals surface area contributed by atoms with Gasteiger partial charge in [0, 0.05) is 31.8 Å². The number of rotatable bonds is 1. The monoisotopic (exact) mass is 347 g/mol. The fourth-order valence-electron chi connectivity index (χ4n) is 3.38. The van der Waals surface area contributed by atoms with Crippen molar-refractivity contribution in [1.29, 1.82) is 0 Å². The first-order chi connectivity index (χ1) is 11.7. The summed E-state index contributed by atoms with van der Waals surface area (Å²) < 4.78 is 7.68. The van der Waals surface area contributed by atoms with Gasteiger partial charge in [-0.15, -0.1) is 22.7 Å². The predicted molar refractivity (Wildman–Crippen MR) is 104 cm³/mol. The summed E-state index contributed by atoms with van der Waals surface area (Å²) in [5.74, 6) is 0. The number of aromatic nitrogens is 2. The molecule has 4 heteroatoms. The molecular weight excluding hydrogens is 332 g/mol. The zero-order valence-electron chi connectivity index (χ0n) is 13.4. The lowest BCUT2D eigenvalue weighted by molar-refractivity contribution is -0.663. The second-order valence-electron chi connectivity index (χ2n) is 6.07. The molecule has 0 aliphatic heterocycles. The summed E-state index contributed by atoms with van der Waals surface area (Å²) in [6.07, 6.45) is 3.75. The zero-order chi connectivity index (χ0) is 16.3. The van der Waals surface area contributed by atoms with E-state index in [1.54, 1.807) is 0 Å². The van der Waals surface area contributed by atoms with E-state index in [0.717, 1.165) is 0 Å². The predicted octanol–water partition coefficient (Wildman–Crippen LogP) is 5.46. The van der Waals surface area contributed by atoms with E-state index in [4.69, 9.17) is 0 Å². The molecule has 0 amide bonds. The first-order valence-electron chi connectivity index (χ1n) is 7.87. The van der Waals surface area contributed by atoms with Gasteiger partial charge >= 0.3 is 0 Å². The smallest absolute Gasteiger partial charge is 0.232 e. The highest BCUT2D eigenvalue weighted by Crippen LogP contribution is 2.47. The maximum Gasteiger partial charge on any atom is 0.286 e. The van der Waals surface area contributed by atoms with Gasteiger partial charge in [-0.3, -0.25) is 0 Å². The van der Waals surface area contributed by atoms with E-state index in [9.17, 15) is 0 Å². The van der Waals surface area contributed by atoms with Crippen molar-refractivity contribution >= 4 is 52.2 Å². The van der Waals surface area contributed by atoms with Crippen LogP contribution in [0.3, 0.4) is 0 Å². The second-order valence-corrected chi connectivity index (χ2v) is 8.14. The molecule has 24 heavy (non-hydrogen) atoms. The first kappa shape index (κ1) is 14.1. The van der Waals surface area contributed by atoms with Crippen LogP contribution in [0.15, 0.2) is 55.0 Å². The molecule has 5 rings (SSSR count). The van der Waals surface area contributed by atoms with Gasteiger partial charge in [-0.25, -0.2) is 4.57 Å². The van der Waals surface area contributed by atoms with Crippen molar-refractivity contribution in [2.45, 2.75) is 6.92 Å². The molecule has 116 valence electrons. The molecule has 0 spiro atoms. The maximum atomic E-state index is 4.22. The van der Waals surface area contributed by atoms with Crippen LogP contribution in [0.1, 0.15) is 5.56 Å². The lowest BCUT2D eigenvalue weighted by Gasteiger charge is -2.07. The third kappa shape index (κ3) is 1.87. The SMILES string of the molecule is Cc1ccc2c(sc3c4ccccc4sc23)c1-c1ccnc[n+]1C. The van der Waals surface area contributed by atoms with Crippen LogP contribution in [0.2, 0.25) is 0 Å². The molecule has 0 bridgehead atoms. The van der Waals surface area contributed by atoms with E-state index in [1.165, 1.54) is 46.4 Å². The second kappa shape index (κ2) is 5.10. The number of fused-ring (bicyclic) bond motifs is 5. The molecule has 0 atom stereocenters. The molecule has 2 nitrogen and oxygen atoms in total. The standard InChI is InChI=1S/C20H15N2S2/c1-12-7-8-14-18(17(12)15-9-10-21-11-22(15)2)24-19-13-5-3-4-6-16(13)23-20(14)19/h3-11H,1-2H3/q+1. The Morgan fingerprint density at radius 2 is 1.71 bits per heavy atom. The Morgan fingerprint density at radius 3 is 2.58 bits per heavy atom. The summed E-state index contributed by atoms with van der Waals surface area (Å²) in [7, 11) is 2.06. The maximum absolute atomic E-state index is 4.22. The van der Waals surface area contributed by atoms with Crippen LogP contribution in [0.4, 0.5) is 0 Å². The van der Waals surface area contributed by atoms with Crippen LogP contribution in [-0.4, -0.2) is 4.98 Å². The average molecular weight is 347 g/mol. The molecule has 2 aromatic carbocycles. The number of hydrogen-bond donors (Lipinski definition) is 0. The van der Waals surface area contributed by atoms with Gasteiger partial charge in [0.25, 0.3) is 6.33 Å². The van der Waals surface area contributed by atoms with Crippen molar-refractivity contribution in [1.82, 2.24) is 4.98 Å². The van der Waals surface area contributed by atoms with Gasteiger partial charge in [0.15, 0.2) is 0 Å². The summed E-state index contributed by atoms with van der Waals surface area (Å²) in [6, 6.07) is 15.3. The van der Waals surface area contributed by atoms with Crippen molar-refractivity contribution in [3.63, 3.8) is 0 Å². The number of hydrogen-bond acceptors (Lipinski definition) is 3. The van der Waals surface area contributed by atoms with Crippen LogP contribution in [-0.2, 0) is 7.05 Å². The minimum Gasteiger partial charge on any atom is -0.232 e. The van der Waals surface area contributed by atoms with Gasteiger partial charge in [0.2, 0.25) is 0 Å². The van der Waals surface area contributed by atoms with Gasteiger partial charge in [-0.05, 0) is 18.6 Å². The molecule has 0 fully saturated rings. The topological polar surface area (TPSA) is 16.8 Å². The van der Waals surface area contributed by atoms with Gasteiger partial charge in [-0.2, -0.15) is 0 Å². The van der Waals surface area contributed by atoms with Gasteiger partial charge in [0.1, 0.15) is 11.9 Å². The summed E-state index contributed by atoms with van der Waals surface area (Å²) in [5.41, 5.74) is 3.85. The van der Waals surface area contributed by atoms with Crippen LogP contribution < -0.4 is 4.57 Å². The molecule has 0 unspecified atom stereocenters. The molecule has 3 heterocycles. The minimum absolute atomic E-state index is 1.21. The quantitative estimate of drug-likeness (QED) is 0.368. The van der Waals surface area contributed by atoms with E-state index >= 15 is 0 Å². The lowest BCUT2D eigenvalue weighted by atomic mass is 10.0. The highest BCUT2D eigenvalue weighted by atomic mass is 32.1. The summed E-state index contributed by atoms with van der Waals surface area (Å²) >= 11 is 3.82. The van der Waals surface area contributed by atoms with Crippen molar-refractivity contribution in [3.8, 4) is 11.3 Å². The van der Waals surface area contributed by atoms with E-state index in [-0.39, 0.29) is 0 Å². The van der Waals surface area contributed by atoms with Crippen molar-refractivity contribution in [3.05, 3.63) is 60.6 Å². The van der Waals surface area contributed by atoms with E-state index in [1.807, 2.05) is 35.2 Å². The number of benzene rings is 2. The Kier molecular flexibility index (Phi) is 2.99. The highest BCUT2D eigenvalue weighted by Gasteiger charge is 2.19. The van der Waals surface area contributed by atoms with Gasteiger partial charge in [0.05, 0.1) is 16.4 Å². The number of nitrogens with zero attached hydrogens (tertiary/aromatic N) is 2. The number of thiophene rings is 2. The Balaban J connectivity index is 1.96. The van der Waals surface area contributed by atoms with Crippen molar-refractivity contribution in [2.75, 3.05) is 0 Å². The summed E-state index contributed by atoms with van der Waals surface area (Å²) in [6.45, 7) is 2.20. The molecule has 0 radical (unpaired) electrons. The van der Waals surface area contributed by atoms with E-state index in [0.29, 0.717) is 0 Å². The van der Waals surface area contributed by atoms with Gasteiger partial charge in [-0.1, -0.05) is 35.3 Å². The summed E-state index contributed by atoms with van der Waals surface area (Å²) in [4.78, 5) is 4.22. The largest absolute Gasteiger partial charge is 0.286 e. The molecule has 3 aromatic heterocycles. The molecule has 0 aliphatic rings. The van der Waals surface area contributed by atoms with Crippen LogP contribution in [0.25, 0.3) is 40.8 Å². The third-order valence-corrected chi connectivity index (χ3v) is 7.15. The van der Waals surface area contributed by atoms with Crippen LogP contribution >= 0.6 is 22.7 Å². The number of aryl methyl sites for hydroxylation is 2. The lowest BCUT2D eigenvalue weighted by Crippen LogP contribution is -2.31. The van der Waals surface area contributed by atoms with Crippen LogP contribution in [0, 0.1) is 6.92 Å². The van der Waals surface area contributed by atoms with Gasteiger partial charge < -0.3 is 0 Å². The van der Waals surface area contributed by atoms with E-state index in [2.05, 4.69) is 66.0 Å². The molecule has 0 N–H and O–H groups in total. The summed E-state index contributed by atoms with van der Waals surface area (Å²) in [5, 5.41) is 2.75. The molecule has 0 aliphatic carbocycles. The van der Waals surface area contributed by atoms with Crippen molar-refractivity contribution < 1.29 is 4.57 Å². The molecule has 5 aromatic rings. The minimum atomic E-state index is 1.21. The zero-order valence-corrected chi connectivity index (χ0v) is 15.0. The van der Waals surface area contributed by atoms with E-state index < -0.39 is 0 Å². The molecule has 0 saturated carbocycles. The Hall–Kier alpha value is -2.30. The Bertz CT molecular complexity index is 1230. The Morgan fingerprint density at radius 1 is 0.875 bits per heavy atom. The molecular formula is C20H15N2S2+. The first-order valence-corrected chi connectivity index (χ1v) is 9.50. The molecule has 0 saturated heterocycles. The van der Waals surface area contributed by atoms with Crippen molar-refractivity contribution in [2.24, 2.45) is 7.05 Å². The Labute approximate surface area is 147 Å². The van der Waals surface area contributed by atoms with Crippen LogP contribution in [0.5, 0.6) is 0 Å². The highest BCUT2D eigenvalue weighted by molar-refractivity contribution is 7.36. The fraction of sp³-hybridized carbons (Fsp3) is 0.100. The normalized spacial score (nSPS) is 11.8. The fourth-order valence-corrected chi connectivity index (χ4v) is 6.23.